The Bertz CT molecular complexity index is 216. The number of aromatic nitrogens is 3. The molecule has 1 aromatic rings. The number of hydrogen-bond donors (Lipinski definition) is 0. The molecule has 0 saturated carbocycles. The minimum atomic E-state index is 0.235. The quantitative estimate of drug-likeness (QED) is 0.492. The molecule has 9 heavy (non-hydrogen) atoms. The summed E-state index contributed by atoms with van der Waals surface area (Å²) in [5.74, 6) is 0. The molecule has 2 heterocycles. The van der Waals surface area contributed by atoms with Crippen molar-refractivity contribution in [1.82, 2.24) is 15.0 Å². The molecular weight excluding hydrogens is 118 g/mol. The van der Waals surface area contributed by atoms with Crippen LogP contribution in [0.2, 0.25) is 0 Å². The van der Waals surface area contributed by atoms with Crippen molar-refractivity contribution in [3.63, 3.8) is 0 Å². The lowest BCUT2D eigenvalue weighted by Crippen LogP contribution is -1.92. The maximum atomic E-state index is 4.99. The van der Waals surface area contributed by atoms with Crippen molar-refractivity contribution in [3.05, 3.63) is 11.9 Å². The zero-order valence-electron chi connectivity index (χ0n) is 5.11. The summed E-state index contributed by atoms with van der Waals surface area (Å²) in [5, 5.41) is 7.96. The van der Waals surface area contributed by atoms with Gasteiger partial charge in [0.05, 0.1) is 12.8 Å². The Hall–Kier alpha value is -0.900. The standard InChI is InChI=1S/C5H7N3O/c1-8-6-2-4(7-8)5-3-9-5/h2,5H,3H2,1H3. The Kier molecular flexibility index (Phi) is 0.843. The highest BCUT2D eigenvalue weighted by molar-refractivity contribution is 5.01. The van der Waals surface area contributed by atoms with Crippen LogP contribution >= 0.6 is 0 Å². The second-order valence-corrected chi connectivity index (χ2v) is 2.08. The van der Waals surface area contributed by atoms with Crippen molar-refractivity contribution in [2.75, 3.05) is 6.61 Å². The number of rotatable bonds is 1. The van der Waals surface area contributed by atoms with Crippen molar-refractivity contribution in [1.29, 1.82) is 0 Å². The summed E-state index contributed by atoms with van der Waals surface area (Å²) in [4.78, 5) is 1.54. The van der Waals surface area contributed by atoms with Gasteiger partial charge in [0, 0.05) is 7.05 Å². The summed E-state index contributed by atoms with van der Waals surface area (Å²) >= 11 is 0. The fourth-order valence-electron chi connectivity index (χ4n) is 0.728. The van der Waals surface area contributed by atoms with Crippen molar-refractivity contribution in [2.45, 2.75) is 6.10 Å². The van der Waals surface area contributed by atoms with E-state index in [4.69, 9.17) is 4.74 Å². The fourth-order valence-corrected chi connectivity index (χ4v) is 0.728. The van der Waals surface area contributed by atoms with Gasteiger partial charge in [0.2, 0.25) is 0 Å². The van der Waals surface area contributed by atoms with Gasteiger partial charge in [-0.15, -0.1) is 0 Å². The Morgan fingerprint density at radius 3 is 3.11 bits per heavy atom. The summed E-state index contributed by atoms with van der Waals surface area (Å²) in [5.41, 5.74) is 0.942. The molecule has 0 radical (unpaired) electrons. The van der Waals surface area contributed by atoms with Crippen LogP contribution in [0.4, 0.5) is 0 Å². The number of epoxide rings is 1. The molecule has 1 atom stereocenters. The van der Waals surface area contributed by atoms with Crippen LogP contribution in [0.15, 0.2) is 6.20 Å². The molecule has 4 nitrogen and oxygen atoms in total. The lowest BCUT2D eigenvalue weighted by atomic mass is 10.4. The molecule has 2 rings (SSSR count). The molecule has 1 aliphatic heterocycles. The van der Waals surface area contributed by atoms with E-state index >= 15 is 0 Å². The maximum Gasteiger partial charge on any atom is 0.126 e. The van der Waals surface area contributed by atoms with Crippen molar-refractivity contribution in [3.8, 4) is 0 Å². The van der Waals surface area contributed by atoms with Gasteiger partial charge in [-0.25, -0.2) is 0 Å². The van der Waals surface area contributed by atoms with E-state index in [2.05, 4.69) is 10.2 Å². The summed E-state index contributed by atoms with van der Waals surface area (Å²) in [6.07, 6.45) is 1.97. The van der Waals surface area contributed by atoms with Crippen LogP contribution in [-0.4, -0.2) is 21.6 Å². The minimum Gasteiger partial charge on any atom is -0.366 e. The van der Waals surface area contributed by atoms with E-state index in [-0.39, 0.29) is 6.10 Å². The smallest absolute Gasteiger partial charge is 0.126 e. The van der Waals surface area contributed by atoms with Crippen LogP contribution in [-0.2, 0) is 11.8 Å². The predicted octanol–water partition coefficient (Wildman–Crippen LogP) is -0.114. The van der Waals surface area contributed by atoms with Gasteiger partial charge in [0.15, 0.2) is 0 Å². The SMILES string of the molecule is Cn1ncc(C2CO2)n1. The molecule has 4 heteroatoms. The zero-order chi connectivity index (χ0) is 6.27. The summed E-state index contributed by atoms with van der Waals surface area (Å²) in [6.45, 7) is 0.804. The molecule has 0 amide bonds. The summed E-state index contributed by atoms with van der Waals surface area (Å²) in [6, 6.07) is 0. The highest BCUT2D eigenvalue weighted by Crippen LogP contribution is 2.26. The molecule has 0 aromatic carbocycles. The van der Waals surface area contributed by atoms with Crippen LogP contribution in [0, 0.1) is 0 Å². The average Bonchev–Trinajstić information content (AvgIpc) is 2.58. The number of hydrogen-bond acceptors (Lipinski definition) is 3. The van der Waals surface area contributed by atoms with Crippen molar-refractivity contribution < 1.29 is 4.74 Å². The molecule has 0 N–H and O–H groups in total. The molecule has 48 valence electrons. The van der Waals surface area contributed by atoms with Crippen LogP contribution < -0.4 is 0 Å². The largest absolute Gasteiger partial charge is 0.366 e. The van der Waals surface area contributed by atoms with Gasteiger partial charge in [-0.1, -0.05) is 0 Å². The second kappa shape index (κ2) is 1.54. The molecule has 1 unspecified atom stereocenters. The third-order valence-corrected chi connectivity index (χ3v) is 1.28. The minimum absolute atomic E-state index is 0.235. The van der Waals surface area contributed by atoms with E-state index in [9.17, 15) is 0 Å². The van der Waals surface area contributed by atoms with E-state index < -0.39 is 0 Å². The molecular formula is C5H7N3O. The van der Waals surface area contributed by atoms with Gasteiger partial charge < -0.3 is 4.74 Å². The van der Waals surface area contributed by atoms with Crippen LogP contribution in [0.5, 0.6) is 0 Å². The Balaban J connectivity index is 2.28. The van der Waals surface area contributed by atoms with Gasteiger partial charge in [0.25, 0.3) is 0 Å². The monoisotopic (exact) mass is 125 g/mol. The zero-order valence-corrected chi connectivity index (χ0v) is 5.11. The van der Waals surface area contributed by atoms with E-state index in [1.807, 2.05) is 0 Å². The third kappa shape index (κ3) is 0.810. The molecule has 0 bridgehead atoms. The Labute approximate surface area is 52.4 Å². The van der Waals surface area contributed by atoms with E-state index in [0.29, 0.717) is 0 Å². The van der Waals surface area contributed by atoms with E-state index in [1.165, 1.54) is 4.80 Å². The van der Waals surface area contributed by atoms with E-state index in [0.717, 1.165) is 12.3 Å². The maximum absolute atomic E-state index is 4.99. The van der Waals surface area contributed by atoms with Gasteiger partial charge in [-0.05, 0) is 0 Å². The van der Waals surface area contributed by atoms with Gasteiger partial charge >= 0.3 is 0 Å². The van der Waals surface area contributed by atoms with Gasteiger partial charge in [-0.3, -0.25) is 0 Å². The van der Waals surface area contributed by atoms with Gasteiger partial charge in [-0.2, -0.15) is 15.0 Å². The van der Waals surface area contributed by atoms with Crippen molar-refractivity contribution >= 4 is 0 Å². The molecule has 1 fully saturated rings. The van der Waals surface area contributed by atoms with Gasteiger partial charge in [0.1, 0.15) is 11.8 Å². The first-order chi connectivity index (χ1) is 4.36. The lowest BCUT2D eigenvalue weighted by Gasteiger charge is -1.81. The highest BCUT2D eigenvalue weighted by atomic mass is 16.6. The normalized spacial score (nSPS) is 24.3. The number of aryl methyl sites for hydroxylation is 1. The number of ether oxygens (including phenoxy) is 1. The highest BCUT2D eigenvalue weighted by Gasteiger charge is 2.27. The Morgan fingerprint density at radius 2 is 2.67 bits per heavy atom. The molecule has 0 spiro atoms. The van der Waals surface area contributed by atoms with Crippen LogP contribution in [0.3, 0.4) is 0 Å². The summed E-state index contributed by atoms with van der Waals surface area (Å²) < 4.78 is 4.99. The van der Waals surface area contributed by atoms with Crippen molar-refractivity contribution in [2.24, 2.45) is 7.05 Å². The third-order valence-electron chi connectivity index (χ3n) is 1.28. The first-order valence-electron chi connectivity index (χ1n) is 2.84. The molecule has 1 aromatic heterocycles. The average molecular weight is 125 g/mol. The molecule has 0 aliphatic carbocycles. The fraction of sp³-hybridized carbons (Fsp3) is 0.600. The lowest BCUT2D eigenvalue weighted by molar-refractivity contribution is 0.409. The van der Waals surface area contributed by atoms with Crippen LogP contribution in [0.1, 0.15) is 11.8 Å². The number of nitrogens with zero attached hydrogens (tertiary/aromatic N) is 3. The molecule has 1 saturated heterocycles. The topological polar surface area (TPSA) is 43.2 Å². The molecule has 1 aliphatic rings. The second-order valence-electron chi connectivity index (χ2n) is 2.08. The van der Waals surface area contributed by atoms with Crippen LogP contribution in [0.25, 0.3) is 0 Å². The first-order valence-corrected chi connectivity index (χ1v) is 2.84. The Morgan fingerprint density at radius 1 is 1.89 bits per heavy atom. The van der Waals surface area contributed by atoms with E-state index in [1.54, 1.807) is 13.2 Å². The predicted molar refractivity (Wildman–Crippen MR) is 29.7 cm³/mol. The summed E-state index contributed by atoms with van der Waals surface area (Å²) in [7, 11) is 1.80. The first kappa shape index (κ1) is 4.93.